The third kappa shape index (κ3) is 2.72. The highest BCUT2D eigenvalue weighted by molar-refractivity contribution is 5.99. The Morgan fingerprint density at radius 3 is 2.78 bits per heavy atom. The van der Waals surface area contributed by atoms with Gasteiger partial charge < -0.3 is 14.1 Å². The predicted octanol–water partition coefficient (Wildman–Crippen LogP) is 3.92. The fourth-order valence-electron chi connectivity index (χ4n) is 3.58. The third-order valence-electron chi connectivity index (χ3n) is 4.68. The largest absolute Gasteiger partial charge is 0.494 e. The first-order valence-corrected chi connectivity index (χ1v) is 8.86. The molecule has 0 bridgehead atoms. The quantitative estimate of drug-likeness (QED) is 0.646. The van der Waals surface area contributed by atoms with Crippen LogP contribution in [0, 0.1) is 0 Å². The summed E-state index contributed by atoms with van der Waals surface area (Å²) in [6, 6.07) is 13.9. The number of hydrogen-bond acceptors (Lipinski definition) is 4. The van der Waals surface area contributed by atoms with Crippen molar-refractivity contribution in [1.82, 2.24) is 4.90 Å². The van der Waals surface area contributed by atoms with E-state index in [9.17, 15) is 9.59 Å². The zero-order valence-corrected chi connectivity index (χ0v) is 15.0. The van der Waals surface area contributed by atoms with Gasteiger partial charge in [-0.25, -0.2) is 0 Å². The van der Waals surface area contributed by atoms with E-state index >= 15 is 0 Å². The van der Waals surface area contributed by atoms with Crippen molar-refractivity contribution in [1.29, 1.82) is 0 Å². The van der Waals surface area contributed by atoms with Crippen molar-refractivity contribution in [2.75, 3.05) is 13.2 Å². The number of para-hydroxylation sites is 1. The molecule has 0 saturated heterocycles. The SMILES string of the molecule is C=CCN1C(=O)c2oc3ccccc3c(=O)c2[C@H]1c1cccc(OCC)c1. The molecule has 0 spiro atoms. The Bertz CT molecular complexity index is 1100. The smallest absolute Gasteiger partial charge is 0.291 e. The number of hydrogen-bond donors (Lipinski definition) is 0. The van der Waals surface area contributed by atoms with Crippen LogP contribution < -0.4 is 10.2 Å². The maximum atomic E-state index is 13.2. The Hall–Kier alpha value is -3.34. The minimum atomic E-state index is -0.535. The average Bonchev–Trinajstić information content (AvgIpc) is 2.96. The molecule has 1 atom stereocenters. The second-order valence-corrected chi connectivity index (χ2v) is 6.32. The van der Waals surface area contributed by atoms with Gasteiger partial charge in [-0.15, -0.1) is 6.58 Å². The zero-order chi connectivity index (χ0) is 19.0. The number of benzene rings is 2. The summed E-state index contributed by atoms with van der Waals surface area (Å²) in [6.45, 7) is 6.50. The van der Waals surface area contributed by atoms with Gasteiger partial charge in [0, 0.05) is 6.54 Å². The Morgan fingerprint density at radius 2 is 2.00 bits per heavy atom. The molecule has 0 radical (unpaired) electrons. The van der Waals surface area contributed by atoms with E-state index in [1.807, 2.05) is 31.2 Å². The molecular weight excluding hydrogens is 342 g/mol. The Morgan fingerprint density at radius 1 is 1.19 bits per heavy atom. The minimum Gasteiger partial charge on any atom is -0.494 e. The van der Waals surface area contributed by atoms with E-state index in [4.69, 9.17) is 9.15 Å². The number of rotatable bonds is 5. The average molecular weight is 361 g/mol. The molecule has 1 aliphatic heterocycles. The van der Waals surface area contributed by atoms with Gasteiger partial charge in [0.25, 0.3) is 5.91 Å². The summed E-state index contributed by atoms with van der Waals surface area (Å²) in [5.41, 5.74) is 1.40. The van der Waals surface area contributed by atoms with Crippen LogP contribution >= 0.6 is 0 Å². The van der Waals surface area contributed by atoms with Gasteiger partial charge in [-0.1, -0.05) is 30.3 Å². The molecule has 136 valence electrons. The Balaban J connectivity index is 1.97. The zero-order valence-electron chi connectivity index (χ0n) is 15.0. The molecule has 5 nitrogen and oxygen atoms in total. The fourth-order valence-corrected chi connectivity index (χ4v) is 3.58. The number of nitrogens with zero attached hydrogens (tertiary/aromatic N) is 1. The fraction of sp³-hybridized carbons (Fsp3) is 0.182. The number of carbonyl (C=O) groups excluding carboxylic acids is 1. The molecule has 2 aromatic carbocycles. The molecule has 0 N–H and O–H groups in total. The second kappa shape index (κ2) is 6.76. The maximum absolute atomic E-state index is 13.2. The molecule has 1 aromatic heterocycles. The molecule has 1 amide bonds. The first-order valence-electron chi connectivity index (χ1n) is 8.86. The Labute approximate surface area is 156 Å². The number of carbonyl (C=O) groups is 1. The normalized spacial score (nSPS) is 15.8. The first-order chi connectivity index (χ1) is 13.2. The molecule has 0 saturated carbocycles. The van der Waals surface area contributed by atoms with E-state index in [-0.39, 0.29) is 17.1 Å². The molecule has 5 heteroatoms. The lowest BCUT2D eigenvalue weighted by atomic mass is 9.98. The van der Waals surface area contributed by atoms with Crippen LogP contribution in [0.5, 0.6) is 5.75 Å². The summed E-state index contributed by atoms with van der Waals surface area (Å²) in [4.78, 5) is 27.8. The van der Waals surface area contributed by atoms with Crippen molar-refractivity contribution in [2.24, 2.45) is 0 Å². The lowest BCUT2D eigenvalue weighted by Gasteiger charge is -2.24. The summed E-state index contributed by atoms with van der Waals surface area (Å²) >= 11 is 0. The minimum absolute atomic E-state index is 0.104. The highest BCUT2D eigenvalue weighted by Crippen LogP contribution is 2.38. The highest BCUT2D eigenvalue weighted by Gasteiger charge is 2.42. The van der Waals surface area contributed by atoms with Crippen molar-refractivity contribution in [3.63, 3.8) is 0 Å². The van der Waals surface area contributed by atoms with E-state index in [0.717, 1.165) is 5.56 Å². The molecule has 1 aliphatic rings. The summed E-state index contributed by atoms with van der Waals surface area (Å²) in [7, 11) is 0. The molecule has 2 heterocycles. The standard InChI is InChI=1S/C22H19NO4/c1-3-12-23-19(14-8-7-9-15(13-14)26-4-2)18-20(24)16-10-5-6-11-17(16)27-21(18)22(23)25/h3,5-11,13,19H,1,4,12H2,2H3/t19-/m1/s1. The summed E-state index contributed by atoms with van der Waals surface area (Å²) in [5, 5.41) is 0.468. The molecule has 0 fully saturated rings. The summed E-state index contributed by atoms with van der Waals surface area (Å²) in [5.74, 6) is 0.492. The van der Waals surface area contributed by atoms with E-state index in [1.54, 1.807) is 35.2 Å². The Kier molecular flexibility index (Phi) is 4.28. The van der Waals surface area contributed by atoms with Gasteiger partial charge in [0.2, 0.25) is 5.76 Å². The predicted molar refractivity (Wildman–Crippen MR) is 103 cm³/mol. The molecule has 27 heavy (non-hydrogen) atoms. The van der Waals surface area contributed by atoms with E-state index in [0.29, 0.717) is 35.4 Å². The molecule has 3 aromatic rings. The van der Waals surface area contributed by atoms with Crippen molar-refractivity contribution in [3.05, 3.63) is 88.3 Å². The van der Waals surface area contributed by atoms with Crippen LogP contribution in [0.15, 0.2) is 70.4 Å². The lowest BCUT2D eigenvalue weighted by molar-refractivity contribution is 0.0748. The van der Waals surface area contributed by atoms with Gasteiger partial charge in [0.1, 0.15) is 11.3 Å². The second-order valence-electron chi connectivity index (χ2n) is 6.32. The summed E-state index contributed by atoms with van der Waals surface area (Å²) < 4.78 is 11.4. The van der Waals surface area contributed by atoms with Crippen LogP contribution in [0.1, 0.15) is 34.6 Å². The third-order valence-corrected chi connectivity index (χ3v) is 4.68. The van der Waals surface area contributed by atoms with Crippen LogP contribution in [0.2, 0.25) is 0 Å². The molecular formula is C22H19NO4. The van der Waals surface area contributed by atoms with Crippen molar-refractivity contribution in [2.45, 2.75) is 13.0 Å². The van der Waals surface area contributed by atoms with E-state index in [1.165, 1.54) is 0 Å². The van der Waals surface area contributed by atoms with Gasteiger partial charge in [0.15, 0.2) is 5.43 Å². The number of amides is 1. The highest BCUT2D eigenvalue weighted by atomic mass is 16.5. The van der Waals surface area contributed by atoms with Gasteiger partial charge in [0.05, 0.1) is 23.6 Å². The van der Waals surface area contributed by atoms with E-state index in [2.05, 4.69) is 6.58 Å². The van der Waals surface area contributed by atoms with Crippen LogP contribution in [0.25, 0.3) is 11.0 Å². The monoisotopic (exact) mass is 361 g/mol. The van der Waals surface area contributed by atoms with Crippen LogP contribution in [-0.4, -0.2) is 24.0 Å². The van der Waals surface area contributed by atoms with E-state index < -0.39 is 6.04 Å². The van der Waals surface area contributed by atoms with Crippen molar-refractivity contribution >= 4 is 16.9 Å². The van der Waals surface area contributed by atoms with Gasteiger partial charge in [-0.2, -0.15) is 0 Å². The van der Waals surface area contributed by atoms with Gasteiger partial charge in [-0.3, -0.25) is 9.59 Å². The first kappa shape index (κ1) is 17.1. The van der Waals surface area contributed by atoms with Gasteiger partial charge >= 0.3 is 0 Å². The van der Waals surface area contributed by atoms with Crippen LogP contribution in [-0.2, 0) is 0 Å². The van der Waals surface area contributed by atoms with Crippen molar-refractivity contribution < 1.29 is 13.9 Å². The topological polar surface area (TPSA) is 59.8 Å². The van der Waals surface area contributed by atoms with Gasteiger partial charge in [-0.05, 0) is 36.8 Å². The molecule has 0 aliphatic carbocycles. The lowest BCUT2D eigenvalue weighted by Crippen LogP contribution is -2.29. The number of ether oxygens (including phenoxy) is 1. The molecule has 4 rings (SSSR count). The summed E-state index contributed by atoms with van der Waals surface area (Å²) in [6.07, 6.45) is 1.65. The van der Waals surface area contributed by atoms with Crippen LogP contribution in [0.3, 0.4) is 0 Å². The van der Waals surface area contributed by atoms with Crippen molar-refractivity contribution in [3.8, 4) is 5.75 Å². The van der Waals surface area contributed by atoms with Crippen LogP contribution in [0.4, 0.5) is 0 Å². The maximum Gasteiger partial charge on any atom is 0.291 e. The number of fused-ring (bicyclic) bond motifs is 2. The molecule has 0 unspecified atom stereocenters.